The first-order valence-corrected chi connectivity index (χ1v) is 5.96. The molecule has 0 saturated carbocycles. The predicted octanol–water partition coefficient (Wildman–Crippen LogP) is 1.11. The number of piperidine rings is 1. The Hall–Kier alpha value is -0.610. The molecule has 3 fully saturated rings. The predicted molar refractivity (Wildman–Crippen MR) is 52.9 cm³/mol. The Labute approximate surface area is 89.5 Å². The summed E-state index contributed by atoms with van der Waals surface area (Å²) in [6, 6.07) is 0.286. The summed E-state index contributed by atoms with van der Waals surface area (Å²) in [6.07, 6.45) is 5.46. The number of rotatable bonds is 0. The van der Waals surface area contributed by atoms with Crippen molar-refractivity contribution in [2.24, 2.45) is 5.92 Å². The minimum absolute atomic E-state index is 0.0206. The first-order chi connectivity index (χ1) is 7.36. The van der Waals surface area contributed by atoms with E-state index in [2.05, 4.69) is 0 Å². The lowest BCUT2D eigenvalue weighted by atomic mass is 9.88. The summed E-state index contributed by atoms with van der Waals surface area (Å²) in [5.74, 6) is -0.0558. The number of carbonyl (C=O) groups is 1. The van der Waals surface area contributed by atoms with Gasteiger partial charge in [0.1, 0.15) is 5.92 Å². The molecular formula is C11H17NO3. The number of esters is 1. The number of ether oxygens (including phenoxy) is 1. The quantitative estimate of drug-likeness (QED) is 0.563. The Bertz CT molecular complexity index is 269. The standard InChI is InChI=1S/C11H17NO3/c13-11-10-8-4-1-2-6-12(8)15-9(10)5-3-7-14-11/h8-10H,1-7H2/t8-,9-,10-/m0/s1. The maximum absolute atomic E-state index is 11.8. The normalized spacial score (nSPS) is 41.6. The van der Waals surface area contributed by atoms with E-state index in [0.29, 0.717) is 6.61 Å². The number of fused-ring (bicyclic) bond motifs is 3. The van der Waals surface area contributed by atoms with E-state index in [0.717, 1.165) is 25.8 Å². The molecule has 0 unspecified atom stereocenters. The highest BCUT2D eigenvalue weighted by molar-refractivity contribution is 5.74. The first kappa shape index (κ1) is 9.60. The molecule has 3 rings (SSSR count). The molecule has 4 heteroatoms. The van der Waals surface area contributed by atoms with Crippen LogP contribution >= 0.6 is 0 Å². The van der Waals surface area contributed by atoms with Crippen LogP contribution in [0.15, 0.2) is 0 Å². The van der Waals surface area contributed by atoms with E-state index in [-0.39, 0.29) is 24.0 Å². The van der Waals surface area contributed by atoms with Crippen LogP contribution in [-0.2, 0) is 14.4 Å². The van der Waals surface area contributed by atoms with Crippen molar-refractivity contribution in [2.45, 2.75) is 44.2 Å². The second kappa shape index (κ2) is 3.76. The summed E-state index contributed by atoms with van der Waals surface area (Å²) < 4.78 is 5.22. The van der Waals surface area contributed by atoms with Crippen LogP contribution in [0.3, 0.4) is 0 Å². The lowest BCUT2D eigenvalue weighted by Crippen LogP contribution is -2.39. The molecule has 3 atom stereocenters. The van der Waals surface area contributed by atoms with Gasteiger partial charge in [-0.1, -0.05) is 6.42 Å². The molecule has 3 aliphatic rings. The van der Waals surface area contributed by atoms with Gasteiger partial charge in [0, 0.05) is 6.54 Å². The lowest BCUT2D eigenvalue weighted by molar-refractivity contribution is -0.172. The van der Waals surface area contributed by atoms with Gasteiger partial charge in [0.15, 0.2) is 0 Å². The van der Waals surface area contributed by atoms with Crippen molar-refractivity contribution >= 4 is 5.97 Å². The van der Waals surface area contributed by atoms with Gasteiger partial charge in [0.25, 0.3) is 0 Å². The number of hydrogen-bond acceptors (Lipinski definition) is 4. The molecule has 0 bridgehead atoms. The third-order valence-corrected chi connectivity index (χ3v) is 3.73. The molecule has 0 aromatic rings. The third-order valence-electron chi connectivity index (χ3n) is 3.73. The van der Waals surface area contributed by atoms with Crippen molar-refractivity contribution in [3.63, 3.8) is 0 Å². The minimum atomic E-state index is -0.0353. The van der Waals surface area contributed by atoms with Crippen molar-refractivity contribution in [3.05, 3.63) is 0 Å². The number of nitrogens with zero attached hydrogens (tertiary/aromatic N) is 1. The zero-order chi connectivity index (χ0) is 10.3. The van der Waals surface area contributed by atoms with E-state index in [4.69, 9.17) is 9.57 Å². The number of hydroxylamine groups is 2. The summed E-state index contributed by atoms with van der Waals surface area (Å²) in [5, 5.41) is 2.03. The summed E-state index contributed by atoms with van der Waals surface area (Å²) in [7, 11) is 0. The van der Waals surface area contributed by atoms with E-state index in [1.807, 2.05) is 5.06 Å². The highest BCUT2D eigenvalue weighted by atomic mass is 16.7. The van der Waals surface area contributed by atoms with Crippen molar-refractivity contribution in [1.82, 2.24) is 5.06 Å². The fourth-order valence-corrected chi connectivity index (χ4v) is 3.00. The van der Waals surface area contributed by atoms with Crippen LogP contribution in [0, 0.1) is 5.92 Å². The van der Waals surface area contributed by atoms with Gasteiger partial charge < -0.3 is 4.74 Å². The maximum atomic E-state index is 11.8. The molecule has 0 aromatic carbocycles. The zero-order valence-electron chi connectivity index (χ0n) is 8.85. The highest BCUT2D eigenvalue weighted by Crippen LogP contribution is 2.37. The molecule has 0 amide bonds. The van der Waals surface area contributed by atoms with Crippen LogP contribution in [0.2, 0.25) is 0 Å². The maximum Gasteiger partial charge on any atom is 0.313 e. The van der Waals surface area contributed by atoms with Crippen LogP contribution in [-0.4, -0.2) is 36.3 Å². The van der Waals surface area contributed by atoms with Gasteiger partial charge >= 0.3 is 5.97 Å². The monoisotopic (exact) mass is 211 g/mol. The van der Waals surface area contributed by atoms with Gasteiger partial charge in [-0.3, -0.25) is 9.63 Å². The Morgan fingerprint density at radius 1 is 1.20 bits per heavy atom. The van der Waals surface area contributed by atoms with Crippen LogP contribution in [0.25, 0.3) is 0 Å². The molecule has 0 aromatic heterocycles. The van der Waals surface area contributed by atoms with E-state index in [1.54, 1.807) is 0 Å². The average Bonchev–Trinajstić information content (AvgIpc) is 2.53. The van der Waals surface area contributed by atoms with Crippen molar-refractivity contribution in [2.75, 3.05) is 13.2 Å². The van der Waals surface area contributed by atoms with Crippen molar-refractivity contribution in [3.8, 4) is 0 Å². The third kappa shape index (κ3) is 1.56. The number of cyclic esters (lactones) is 1. The SMILES string of the molecule is O=C1OCCC[C@@H]2ON3CCCC[C@H]3[C@H]12. The Morgan fingerprint density at radius 3 is 3.07 bits per heavy atom. The largest absolute Gasteiger partial charge is 0.465 e. The molecule has 0 aliphatic carbocycles. The lowest BCUT2D eigenvalue weighted by Gasteiger charge is -2.28. The minimum Gasteiger partial charge on any atom is -0.465 e. The Balaban J connectivity index is 1.83. The molecule has 0 spiro atoms. The Kier molecular flexibility index (Phi) is 2.41. The first-order valence-electron chi connectivity index (χ1n) is 5.96. The molecule has 0 radical (unpaired) electrons. The van der Waals surface area contributed by atoms with Gasteiger partial charge in [-0.2, -0.15) is 5.06 Å². The van der Waals surface area contributed by atoms with Crippen molar-refractivity contribution < 1.29 is 14.4 Å². The molecule has 84 valence electrons. The van der Waals surface area contributed by atoms with Crippen LogP contribution in [0.5, 0.6) is 0 Å². The van der Waals surface area contributed by atoms with E-state index in [1.165, 1.54) is 12.8 Å². The number of hydrogen-bond donors (Lipinski definition) is 0. The molecule has 4 nitrogen and oxygen atoms in total. The molecule has 3 saturated heterocycles. The number of carbonyl (C=O) groups excluding carboxylic acids is 1. The highest BCUT2D eigenvalue weighted by Gasteiger charge is 2.49. The smallest absolute Gasteiger partial charge is 0.313 e. The molecule has 3 aliphatic heterocycles. The second-order valence-corrected chi connectivity index (χ2v) is 4.68. The van der Waals surface area contributed by atoms with Gasteiger partial charge in [-0.05, 0) is 25.7 Å². The van der Waals surface area contributed by atoms with Crippen LogP contribution in [0.4, 0.5) is 0 Å². The van der Waals surface area contributed by atoms with Crippen molar-refractivity contribution in [1.29, 1.82) is 0 Å². The van der Waals surface area contributed by atoms with Crippen LogP contribution < -0.4 is 0 Å². The molecule has 3 heterocycles. The van der Waals surface area contributed by atoms with Gasteiger partial charge in [0.2, 0.25) is 0 Å². The summed E-state index contributed by atoms with van der Waals surface area (Å²) in [6.45, 7) is 1.55. The van der Waals surface area contributed by atoms with E-state index >= 15 is 0 Å². The molecule has 0 N–H and O–H groups in total. The van der Waals surface area contributed by atoms with Gasteiger partial charge in [-0.15, -0.1) is 0 Å². The summed E-state index contributed by atoms with van der Waals surface area (Å²) in [4.78, 5) is 17.7. The Morgan fingerprint density at radius 2 is 2.13 bits per heavy atom. The van der Waals surface area contributed by atoms with E-state index in [9.17, 15) is 4.79 Å². The fourth-order valence-electron chi connectivity index (χ4n) is 3.00. The van der Waals surface area contributed by atoms with Crippen LogP contribution in [0.1, 0.15) is 32.1 Å². The second-order valence-electron chi connectivity index (χ2n) is 4.68. The molecule has 15 heavy (non-hydrogen) atoms. The summed E-state index contributed by atoms with van der Waals surface area (Å²) >= 11 is 0. The molecular weight excluding hydrogens is 194 g/mol. The zero-order valence-corrected chi connectivity index (χ0v) is 8.85. The average molecular weight is 211 g/mol. The van der Waals surface area contributed by atoms with Gasteiger partial charge in [0.05, 0.1) is 18.8 Å². The van der Waals surface area contributed by atoms with Gasteiger partial charge in [-0.25, -0.2) is 0 Å². The topological polar surface area (TPSA) is 38.8 Å². The fraction of sp³-hybridized carbons (Fsp3) is 0.909. The van der Waals surface area contributed by atoms with E-state index < -0.39 is 0 Å². The summed E-state index contributed by atoms with van der Waals surface area (Å²) in [5.41, 5.74) is 0.